The lowest BCUT2D eigenvalue weighted by molar-refractivity contribution is -0.120. The number of benzene rings is 1. The summed E-state index contributed by atoms with van der Waals surface area (Å²) >= 11 is 0. The Kier molecular flexibility index (Phi) is 6.95. The zero-order chi connectivity index (χ0) is 15.7. The first-order chi connectivity index (χ1) is 10.1. The third-order valence-corrected chi connectivity index (χ3v) is 2.99. The van der Waals surface area contributed by atoms with E-state index in [1.54, 1.807) is 12.2 Å². The van der Waals surface area contributed by atoms with Gasteiger partial charge >= 0.3 is 0 Å². The highest BCUT2D eigenvalue weighted by Gasteiger charge is 2.04. The van der Waals surface area contributed by atoms with E-state index in [0.29, 0.717) is 6.42 Å². The molecule has 0 aliphatic carbocycles. The molecule has 0 saturated carbocycles. The molecule has 4 heteroatoms. The summed E-state index contributed by atoms with van der Waals surface area (Å²) in [4.78, 5) is 24.1. The first-order valence-corrected chi connectivity index (χ1v) is 6.94. The Labute approximate surface area is 126 Å². The zero-order valence-electron chi connectivity index (χ0n) is 12.7. The van der Waals surface area contributed by atoms with E-state index in [1.165, 1.54) is 6.08 Å². The van der Waals surface area contributed by atoms with Crippen molar-refractivity contribution in [3.8, 4) is 0 Å². The molecule has 0 fully saturated rings. The van der Waals surface area contributed by atoms with Crippen molar-refractivity contribution in [2.75, 3.05) is 19.0 Å². The van der Waals surface area contributed by atoms with Crippen LogP contribution in [-0.4, -0.2) is 32.3 Å². The summed E-state index contributed by atoms with van der Waals surface area (Å²) in [6.07, 6.45) is 8.13. The van der Waals surface area contributed by atoms with E-state index in [9.17, 15) is 9.59 Å². The molecule has 0 unspecified atom stereocenters. The van der Waals surface area contributed by atoms with Crippen LogP contribution in [0, 0.1) is 0 Å². The largest absolute Gasteiger partial charge is 0.378 e. The highest BCUT2D eigenvalue weighted by Crippen LogP contribution is 2.13. The number of hydrogen-bond acceptors (Lipinski definition) is 3. The highest BCUT2D eigenvalue weighted by molar-refractivity contribution is 5.89. The lowest BCUT2D eigenvalue weighted by Crippen LogP contribution is -2.34. The van der Waals surface area contributed by atoms with Crippen molar-refractivity contribution in [3.63, 3.8) is 0 Å². The number of nitrogens with one attached hydrogen (secondary N) is 1. The van der Waals surface area contributed by atoms with Gasteiger partial charge in [-0.2, -0.15) is 0 Å². The Morgan fingerprint density at radius 2 is 1.90 bits per heavy atom. The van der Waals surface area contributed by atoms with Gasteiger partial charge in [0.2, 0.25) is 5.91 Å². The van der Waals surface area contributed by atoms with Crippen LogP contribution < -0.4 is 10.2 Å². The summed E-state index contributed by atoms with van der Waals surface area (Å²) in [5.41, 5.74) is 2.20. The second-order valence-corrected chi connectivity index (χ2v) is 4.86. The molecule has 0 aliphatic heterocycles. The predicted molar refractivity (Wildman–Crippen MR) is 87.2 cm³/mol. The second kappa shape index (κ2) is 8.74. The molecule has 1 aromatic rings. The summed E-state index contributed by atoms with van der Waals surface area (Å²) in [6.45, 7) is 1.85. The van der Waals surface area contributed by atoms with E-state index in [4.69, 9.17) is 0 Å². The monoisotopic (exact) mass is 286 g/mol. The zero-order valence-corrected chi connectivity index (χ0v) is 12.7. The number of hydrogen-bond donors (Lipinski definition) is 1. The molecular formula is C17H22N2O2. The summed E-state index contributed by atoms with van der Waals surface area (Å²) in [5.74, 6) is -0.262. The van der Waals surface area contributed by atoms with Crippen LogP contribution in [0.5, 0.6) is 0 Å². The Bertz CT molecular complexity index is 516. The van der Waals surface area contributed by atoms with Gasteiger partial charge in [0.25, 0.3) is 0 Å². The van der Waals surface area contributed by atoms with Gasteiger partial charge in [-0.25, -0.2) is 0 Å². The van der Waals surface area contributed by atoms with E-state index >= 15 is 0 Å². The van der Waals surface area contributed by atoms with E-state index in [-0.39, 0.29) is 5.91 Å². The normalized spacial score (nSPS) is 12.5. The van der Waals surface area contributed by atoms with Crippen molar-refractivity contribution in [3.05, 3.63) is 48.1 Å². The number of nitrogens with zero attached hydrogens (tertiary/aromatic N) is 1. The molecule has 0 heterocycles. The Balaban J connectivity index is 2.51. The van der Waals surface area contributed by atoms with Crippen LogP contribution in [0.2, 0.25) is 0 Å². The van der Waals surface area contributed by atoms with Crippen molar-refractivity contribution in [2.24, 2.45) is 0 Å². The maximum Gasteiger partial charge on any atom is 0.244 e. The van der Waals surface area contributed by atoms with Gasteiger partial charge in [-0.3, -0.25) is 4.79 Å². The minimum absolute atomic E-state index is 0.262. The summed E-state index contributed by atoms with van der Waals surface area (Å²) in [5, 5.41) is 2.60. The summed E-state index contributed by atoms with van der Waals surface area (Å²) in [6, 6.07) is 7.68. The Hall–Kier alpha value is -2.36. The number of allylic oxidation sites excluding steroid dienone is 2. The average Bonchev–Trinajstić information content (AvgIpc) is 2.49. The van der Waals surface area contributed by atoms with Crippen molar-refractivity contribution < 1.29 is 9.59 Å². The first-order valence-electron chi connectivity index (χ1n) is 6.94. The quantitative estimate of drug-likeness (QED) is 0.476. The molecule has 112 valence electrons. The molecule has 0 aromatic heterocycles. The van der Waals surface area contributed by atoms with E-state index in [1.807, 2.05) is 56.3 Å². The Morgan fingerprint density at radius 1 is 1.24 bits per heavy atom. The third kappa shape index (κ3) is 6.08. The molecule has 1 N–H and O–H groups in total. The van der Waals surface area contributed by atoms with Crippen LogP contribution in [0.15, 0.2) is 42.5 Å². The van der Waals surface area contributed by atoms with Crippen LogP contribution in [0.4, 0.5) is 5.69 Å². The minimum Gasteiger partial charge on any atom is -0.378 e. The number of amides is 1. The van der Waals surface area contributed by atoms with Crippen molar-refractivity contribution >= 4 is 24.0 Å². The lowest BCUT2D eigenvalue weighted by atomic mass is 10.2. The van der Waals surface area contributed by atoms with Gasteiger partial charge in [0.15, 0.2) is 0 Å². The van der Waals surface area contributed by atoms with E-state index in [0.717, 1.165) is 17.5 Å². The topological polar surface area (TPSA) is 49.4 Å². The third-order valence-electron chi connectivity index (χ3n) is 2.99. The van der Waals surface area contributed by atoms with Gasteiger partial charge < -0.3 is 15.0 Å². The smallest absolute Gasteiger partial charge is 0.244 e. The molecule has 1 atom stereocenters. The van der Waals surface area contributed by atoms with Gasteiger partial charge in [-0.1, -0.05) is 37.3 Å². The number of carbonyl (C=O) groups excluding carboxylic acids is 2. The van der Waals surface area contributed by atoms with Crippen LogP contribution >= 0.6 is 0 Å². The predicted octanol–water partition coefficient (Wildman–Crippen LogP) is 2.42. The van der Waals surface area contributed by atoms with Gasteiger partial charge in [0.1, 0.15) is 6.29 Å². The standard InChI is InChI=1S/C17H22N2O2/c1-4-15(13-20)18-17(21)8-6-5-7-14-9-11-16(12-10-14)19(2)3/h5-13,15H,4H2,1-3H3,(H,18,21)/b7-5+,8-6+/t15-/m1/s1. The van der Waals surface area contributed by atoms with Crippen LogP contribution in [-0.2, 0) is 9.59 Å². The molecule has 4 nitrogen and oxygen atoms in total. The van der Waals surface area contributed by atoms with E-state index < -0.39 is 6.04 Å². The fourth-order valence-corrected chi connectivity index (χ4v) is 1.66. The molecular weight excluding hydrogens is 264 g/mol. The van der Waals surface area contributed by atoms with Crippen LogP contribution in [0.3, 0.4) is 0 Å². The molecule has 0 spiro atoms. The molecule has 0 radical (unpaired) electrons. The van der Waals surface area contributed by atoms with Gasteiger partial charge in [0, 0.05) is 25.9 Å². The summed E-state index contributed by atoms with van der Waals surface area (Å²) < 4.78 is 0. The molecule has 1 amide bonds. The van der Waals surface area contributed by atoms with Gasteiger partial charge in [-0.05, 0) is 24.1 Å². The fraction of sp³-hybridized carbons (Fsp3) is 0.294. The minimum atomic E-state index is -0.412. The molecule has 1 aromatic carbocycles. The number of aldehydes is 1. The summed E-state index contributed by atoms with van der Waals surface area (Å²) in [7, 11) is 3.99. The number of anilines is 1. The molecule has 0 saturated heterocycles. The molecule has 21 heavy (non-hydrogen) atoms. The van der Waals surface area contributed by atoms with Crippen molar-refractivity contribution in [2.45, 2.75) is 19.4 Å². The fourth-order valence-electron chi connectivity index (χ4n) is 1.66. The second-order valence-electron chi connectivity index (χ2n) is 4.86. The lowest BCUT2D eigenvalue weighted by Gasteiger charge is -2.11. The molecule has 0 bridgehead atoms. The van der Waals surface area contributed by atoms with Gasteiger partial charge in [-0.15, -0.1) is 0 Å². The highest BCUT2D eigenvalue weighted by atomic mass is 16.2. The van der Waals surface area contributed by atoms with Crippen LogP contribution in [0.1, 0.15) is 18.9 Å². The van der Waals surface area contributed by atoms with Crippen molar-refractivity contribution in [1.29, 1.82) is 0 Å². The molecule has 1 rings (SSSR count). The van der Waals surface area contributed by atoms with Crippen LogP contribution in [0.25, 0.3) is 6.08 Å². The molecule has 0 aliphatic rings. The SMILES string of the molecule is CC[C@H](C=O)NC(=O)/C=C/C=C/c1ccc(N(C)C)cc1. The Morgan fingerprint density at radius 3 is 2.43 bits per heavy atom. The van der Waals surface area contributed by atoms with Crippen molar-refractivity contribution in [1.82, 2.24) is 5.32 Å². The number of rotatable bonds is 7. The number of carbonyl (C=O) groups is 2. The maximum atomic E-state index is 11.5. The van der Waals surface area contributed by atoms with E-state index in [2.05, 4.69) is 5.32 Å². The average molecular weight is 286 g/mol. The first kappa shape index (κ1) is 16.7. The van der Waals surface area contributed by atoms with Gasteiger partial charge in [0.05, 0.1) is 6.04 Å². The maximum absolute atomic E-state index is 11.5.